The number of rotatable bonds is 6. The Morgan fingerprint density at radius 1 is 1.37 bits per heavy atom. The Labute approximate surface area is 114 Å². The molecule has 2 rings (SSSR count). The Balaban J connectivity index is 2.24. The Hall–Kier alpha value is -1.30. The molecule has 106 valence electrons. The summed E-state index contributed by atoms with van der Waals surface area (Å²) in [5, 5.41) is 0. The largest absolute Gasteiger partial charge is 0.496 e. The Morgan fingerprint density at radius 3 is 2.53 bits per heavy atom. The van der Waals surface area contributed by atoms with Crippen LogP contribution in [0.2, 0.25) is 0 Å². The molecule has 5 nitrogen and oxygen atoms in total. The Kier molecular flexibility index (Phi) is 5.01. The van der Waals surface area contributed by atoms with Crippen molar-refractivity contribution in [2.24, 2.45) is 11.8 Å². The summed E-state index contributed by atoms with van der Waals surface area (Å²) in [7, 11) is 3.31. The van der Waals surface area contributed by atoms with Crippen molar-refractivity contribution in [3.05, 3.63) is 23.8 Å². The fourth-order valence-corrected chi connectivity index (χ4v) is 2.60. The van der Waals surface area contributed by atoms with Crippen LogP contribution in [0.4, 0.5) is 0 Å². The zero-order valence-electron chi connectivity index (χ0n) is 11.5. The minimum Gasteiger partial charge on any atom is -0.496 e. The smallest absolute Gasteiger partial charge is 0.127 e. The second-order valence-corrected chi connectivity index (χ2v) is 4.76. The lowest BCUT2D eigenvalue weighted by Crippen LogP contribution is -2.30. The first-order valence-corrected chi connectivity index (χ1v) is 6.55. The van der Waals surface area contributed by atoms with E-state index in [9.17, 15) is 0 Å². The molecule has 1 saturated heterocycles. The number of ether oxygens (including phenoxy) is 3. The van der Waals surface area contributed by atoms with Crippen LogP contribution < -0.4 is 20.7 Å². The highest BCUT2D eigenvalue weighted by atomic mass is 16.5. The summed E-state index contributed by atoms with van der Waals surface area (Å²) in [5.41, 5.74) is 3.85. The first-order valence-electron chi connectivity index (χ1n) is 6.55. The zero-order chi connectivity index (χ0) is 13.7. The van der Waals surface area contributed by atoms with Gasteiger partial charge in [-0.15, -0.1) is 0 Å². The number of hydrazine groups is 1. The van der Waals surface area contributed by atoms with Gasteiger partial charge < -0.3 is 14.2 Å². The summed E-state index contributed by atoms with van der Waals surface area (Å²) in [6, 6.07) is 5.76. The predicted molar refractivity (Wildman–Crippen MR) is 73.2 cm³/mol. The maximum absolute atomic E-state index is 5.73. The average Bonchev–Trinajstić information content (AvgIpc) is 2.97. The van der Waals surface area contributed by atoms with Crippen molar-refractivity contribution in [3.8, 4) is 11.5 Å². The van der Waals surface area contributed by atoms with Gasteiger partial charge in [-0.25, -0.2) is 0 Å². The van der Waals surface area contributed by atoms with E-state index in [1.165, 1.54) is 0 Å². The monoisotopic (exact) mass is 266 g/mol. The number of benzene rings is 1. The highest BCUT2D eigenvalue weighted by molar-refractivity contribution is 5.47. The average molecular weight is 266 g/mol. The third-order valence-electron chi connectivity index (χ3n) is 3.61. The zero-order valence-corrected chi connectivity index (χ0v) is 11.5. The van der Waals surface area contributed by atoms with Crippen molar-refractivity contribution in [1.82, 2.24) is 5.43 Å². The van der Waals surface area contributed by atoms with Crippen molar-refractivity contribution >= 4 is 0 Å². The molecule has 19 heavy (non-hydrogen) atoms. The second kappa shape index (κ2) is 6.75. The summed E-state index contributed by atoms with van der Waals surface area (Å²) in [6.07, 6.45) is 1.99. The van der Waals surface area contributed by atoms with Crippen LogP contribution in [-0.4, -0.2) is 27.4 Å². The predicted octanol–water partition coefficient (Wildman–Crippen LogP) is 1.63. The van der Waals surface area contributed by atoms with Crippen LogP contribution in [0.25, 0.3) is 0 Å². The van der Waals surface area contributed by atoms with Gasteiger partial charge in [-0.2, -0.15) is 0 Å². The molecule has 2 unspecified atom stereocenters. The molecule has 1 aromatic rings. The third-order valence-corrected chi connectivity index (χ3v) is 3.61. The SMILES string of the molecule is COc1cccc(OC)c1C(CC1CCOC1)NN. The maximum Gasteiger partial charge on any atom is 0.127 e. The molecule has 0 bridgehead atoms. The molecule has 0 spiro atoms. The lowest BCUT2D eigenvalue weighted by atomic mass is 9.93. The highest BCUT2D eigenvalue weighted by Gasteiger charge is 2.25. The number of nitrogens with two attached hydrogens (primary N) is 1. The first-order chi connectivity index (χ1) is 9.30. The number of hydrogen-bond donors (Lipinski definition) is 2. The molecule has 5 heteroatoms. The second-order valence-electron chi connectivity index (χ2n) is 4.76. The van der Waals surface area contributed by atoms with Gasteiger partial charge in [-0.3, -0.25) is 11.3 Å². The molecule has 0 amide bonds. The lowest BCUT2D eigenvalue weighted by molar-refractivity contribution is 0.181. The quantitative estimate of drug-likeness (QED) is 0.605. The van der Waals surface area contributed by atoms with E-state index in [0.717, 1.165) is 43.1 Å². The minimum absolute atomic E-state index is 0.00204. The molecular weight excluding hydrogens is 244 g/mol. The van der Waals surface area contributed by atoms with E-state index in [4.69, 9.17) is 20.1 Å². The van der Waals surface area contributed by atoms with E-state index < -0.39 is 0 Å². The van der Waals surface area contributed by atoms with Gasteiger partial charge in [0, 0.05) is 13.2 Å². The molecule has 0 saturated carbocycles. The molecule has 3 N–H and O–H groups in total. The van der Waals surface area contributed by atoms with E-state index >= 15 is 0 Å². The van der Waals surface area contributed by atoms with Crippen LogP contribution in [0, 0.1) is 5.92 Å². The lowest BCUT2D eigenvalue weighted by Gasteiger charge is -2.23. The summed E-state index contributed by atoms with van der Waals surface area (Å²) >= 11 is 0. The maximum atomic E-state index is 5.73. The van der Waals surface area contributed by atoms with Gasteiger partial charge in [-0.1, -0.05) is 6.07 Å². The van der Waals surface area contributed by atoms with Crippen molar-refractivity contribution in [2.75, 3.05) is 27.4 Å². The molecule has 1 fully saturated rings. The van der Waals surface area contributed by atoms with Gasteiger partial charge in [0.05, 0.1) is 25.8 Å². The molecular formula is C14H22N2O3. The Morgan fingerprint density at radius 2 is 2.05 bits per heavy atom. The minimum atomic E-state index is -0.00204. The standard InChI is InChI=1S/C14H22N2O3/c1-17-12-4-3-5-13(18-2)14(12)11(16-15)8-10-6-7-19-9-10/h3-5,10-11,16H,6-9,15H2,1-2H3. The van der Waals surface area contributed by atoms with Crippen molar-refractivity contribution in [1.29, 1.82) is 0 Å². The molecule has 1 aliphatic heterocycles. The molecule has 0 radical (unpaired) electrons. The number of methoxy groups -OCH3 is 2. The van der Waals surface area contributed by atoms with Gasteiger partial charge in [0.1, 0.15) is 11.5 Å². The van der Waals surface area contributed by atoms with E-state index in [2.05, 4.69) is 5.43 Å². The Bertz CT molecular complexity index is 383. The highest BCUT2D eigenvalue weighted by Crippen LogP contribution is 2.37. The van der Waals surface area contributed by atoms with Gasteiger partial charge in [0.15, 0.2) is 0 Å². The van der Waals surface area contributed by atoms with Crippen LogP contribution in [0.3, 0.4) is 0 Å². The van der Waals surface area contributed by atoms with Crippen LogP contribution in [-0.2, 0) is 4.74 Å². The van der Waals surface area contributed by atoms with Gasteiger partial charge in [0.2, 0.25) is 0 Å². The van der Waals surface area contributed by atoms with Crippen LogP contribution >= 0.6 is 0 Å². The summed E-state index contributed by atoms with van der Waals surface area (Å²) < 4.78 is 16.3. The van der Waals surface area contributed by atoms with E-state index in [1.807, 2.05) is 18.2 Å². The molecule has 0 aliphatic carbocycles. The normalized spacial score (nSPS) is 20.3. The number of nitrogens with one attached hydrogen (secondary N) is 1. The van der Waals surface area contributed by atoms with E-state index in [-0.39, 0.29) is 6.04 Å². The first kappa shape index (κ1) is 14.1. The molecule has 1 heterocycles. The van der Waals surface area contributed by atoms with Crippen LogP contribution in [0.15, 0.2) is 18.2 Å². The molecule has 0 aromatic heterocycles. The molecule has 2 atom stereocenters. The van der Waals surface area contributed by atoms with Crippen molar-refractivity contribution in [3.63, 3.8) is 0 Å². The van der Waals surface area contributed by atoms with Gasteiger partial charge >= 0.3 is 0 Å². The summed E-state index contributed by atoms with van der Waals surface area (Å²) in [6.45, 7) is 1.64. The van der Waals surface area contributed by atoms with Crippen molar-refractivity contribution < 1.29 is 14.2 Å². The fourth-order valence-electron chi connectivity index (χ4n) is 2.60. The van der Waals surface area contributed by atoms with Crippen molar-refractivity contribution in [2.45, 2.75) is 18.9 Å². The van der Waals surface area contributed by atoms with E-state index in [0.29, 0.717) is 5.92 Å². The van der Waals surface area contributed by atoms with Crippen LogP contribution in [0.5, 0.6) is 11.5 Å². The number of hydrogen-bond acceptors (Lipinski definition) is 5. The molecule has 1 aliphatic rings. The fraction of sp³-hybridized carbons (Fsp3) is 0.571. The topological polar surface area (TPSA) is 65.7 Å². The summed E-state index contributed by atoms with van der Waals surface area (Å²) in [5.74, 6) is 7.84. The molecule has 1 aromatic carbocycles. The van der Waals surface area contributed by atoms with Gasteiger partial charge in [-0.05, 0) is 30.9 Å². The van der Waals surface area contributed by atoms with E-state index in [1.54, 1.807) is 14.2 Å². The summed E-state index contributed by atoms with van der Waals surface area (Å²) in [4.78, 5) is 0. The van der Waals surface area contributed by atoms with Gasteiger partial charge in [0.25, 0.3) is 0 Å². The third kappa shape index (κ3) is 3.18. The van der Waals surface area contributed by atoms with Crippen LogP contribution in [0.1, 0.15) is 24.4 Å².